The summed E-state index contributed by atoms with van der Waals surface area (Å²) in [5.74, 6) is -1.42. The molecule has 0 spiro atoms. The normalized spacial score (nSPS) is 11.8. The number of halogens is 2. The van der Waals surface area contributed by atoms with Gasteiger partial charge in [0.15, 0.2) is 6.10 Å². The molecule has 0 saturated heterocycles. The summed E-state index contributed by atoms with van der Waals surface area (Å²) in [4.78, 5) is 12.2. The van der Waals surface area contributed by atoms with Crippen molar-refractivity contribution in [3.8, 4) is 5.75 Å². The van der Waals surface area contributed by atoms with Gasteiger partial charge in [-0.15, -0.1) is 0 Å². The Kier molecular flexibility index (Phi) is 5.09. The van der Waals surface area contributed by atoms with Crippen molar-refractivity contribution >= 4 is 11.6 Å². The van der Waals surface area contributed by atoms with E-state index < -0.39 is 23.6 Å². The highest BCUT2D eigenvalue weighted by molar-refractivity contribution is 5.94. The van der Waals surface area contributed by atoms with Gasteiger partial charge in [-0.1, -0.05) is 19.1 Å². The summed E-state index contributed by atoms with van der Waals surface area (Å²) in [6, 6.07) is 10.3. The number of anilines is 1. The fourth-order valence-electron chi connectivity index (χ4n) is 1.98. The monoisotopic (exact) mass is 305 g/mol. The molecule has 5 heteroatoms. The molecule has 3 nitrogen and oxygen atoms in total. The number of rotatable bonds is 5. The van der Waals surface area contributed by atoms with Gasteiger partial charge >= 0.3 is 0 Å². The van der Waals surface area contributed by atoms with Gasteiger partial charge in [-0.3, -0.25) is 4.79 Å². The maximum atomic E-state index is 13.6. The topological polar surface area (TPSA) is 38.3 Å². The van der Waals surface area contributed by atoms with E-state index in [1.54, 1.807) is 13.0 Å². The number of carbonyl (C=O) groups excluding carboxylic acids is 1. The number of amides is 1. The molecule has 0 aliphatic carbocycles. The van der Waals surface area contributed by atoms with E-state index in [1.807, 2.05) is 25.1 Å². The highest BCUT2D eigenvalue weighted by Gasteiger charge is 2.20. The first-order chi connectivity index (χ1) is 10.5. The van der Waals surface area contributed by atoms with Gasteiger partial charge in [-0.2, -0.15) is 0 Å². The van der Waals surface area contributed by atoms with E-state index in [0.29, 0.717) is 12.2 Å². The lowest BCUT2D eigenvalue weighted by Crippen LogP contribution is -2.32. The van der Waals surface area contributed by atoms with E-state index in [1.165, 1.54) is 6.07 Å². The van der Waals surface area contributed by atoms with E-state index >= 15 is 0 Å². The number of hydrogen-bond donors (Lipinski definition) is 1. The molecular formula is C17H17F2NO2. The molecule has 2 rings (SSSR count). The summed E-state index contributed by atoms with van der Waals surface area (Å²) in [5.41, 5.74) is 0.940. The Hall–Kier alpha value is -2.43. The number of hydrogen-bond acceptors (Lipinski definition) is 2. The number of benzene rings is 2. The molecule has 0 aliphatic rings. The molecule has 0 saturated carbocycles. The van der Waals surface area contributed by atoms with Gasteiger partial charge in [0.25, 0.3) is 5.91 Å². The Balaban J connectivity index is 2.08. The zero-order valence-electron chi connectivity index (χ0n) is 12.4. The molecule has 0 bridgehead atoms. The Morgan fingerprint density at radius 2 is 2.00 bits per heavy atom. The standard InChI is InChI=1S/C17H17F2NO2/c1-3-16(22-13-6-4-5-11(2)9-13)17(21)20-15-8-7-12(18)10-14(15)19/h4-10,16H,3H2,1-2H3,(H,20,21). The van der Waals surface area contributed by atoms with Crippen LogP contribution in [0.2, 0.25) is 0 Å². The van der Waals surface area contributed by atoms with Crippen molar-refractivity contribution in [3.05, 3.63) is 59.7 Å². The van der Waals surface area contributed by atoms with Crippen LogP contribution < -0.4 is 10.1 Å². The summed E-state index contributed by atoms with van der Waals surface area (Å²) in [7, 11) is 0. The van der Waals surface area contributed by atoms with Crippen molar-refractivity contribution in [2.75, 3.05) is 5.32 Å². The third-order valence-electron chi connectivity index (χ3n) is 3.12. The van der Waals surface area contributed by atoms with Crippen LogP contribution in [-0.2, 0) is 4.79 Å². The summed E-state index contributed by atoms with van der Waals surface area (Å²) in [6.45, 7) is 3.71. The number of aryl methyl sites for hydroxylation is 1. The molecule has 0 aliphatic heterocycles. The zero-order chi connectivity index (χ0) is 16.1. The quantitative estimate of drug-likeness (QED) is 0.904. The number of carbonyl (C=O) groups is 1. The first-order valence-electron chi connectivity index (χ1n) is 6.99. The average molecular weight is 305 g/mol. The lowest BCUT2D eigenvalue weighted by atomic mass is 10.2. The van der Waals surface area contributed by atoms with Crippen molar-refractivity contribution < 1.29 is 18.3 Å². The van der Waals surface area contributed by atoms with E-state index in [4.69, 9.17) is 4.74 Å². The second kappa shape index (κ2) is 7.02. The lowest BCUT2D eigenvalue weighted by molar-refractivity contribution is -0.122. The Bertz CT molecular complexity index is 673. The van der Waals surface area contributed by atoms with Gasteiger partial charge < -0.3 is 10.1 Å². The third kappa shape index (κ3) is 4.04. The van der Waals surface area contributed by atoms with Gasteiger partial charge in [0.1, 0.15) is 17.4 Å². The van der Waals surface area contributed by atoms with Crippen molar-refractivity contribution in [3.63, 3.8) is 0 Å². The Morgan fingerprint density at radius 3 is 2.64 bits per heavy atom. The van der Waals surface area contributed by atoms with E-state index in [2.05, 4.69) is 5.32 Å². The summed E-state index contributed by atoms with van der Waals surface area (Å²) in [5, 5.41) is 2.42. The first kappa shape index (κ1) is 15.9. The fraction of sp³-hybridized carbons (Fsp3) is 0.235. The minimum absolute atomic E-state index is 0.0716. The molecule has 2 aromatic rings. The number of nitrogens with one attached hydrogen (secondary N) is 1. The molecule has 1 amide bonds. The molecule has 0 fully saturated rings. The highest BCUT2D eigenvalue weighted by atomic mass is 19.1. The second-order valence-electron chi connectivity index (χ2n) is 4.94. The third-order valence-corrected chi connectivity index (χ3v) is 3.12. The smallest absolute Gasteiger partial charge is 0.265 e. The van der Waals surface area contributed by atoms with Gasteiger partial charge in [0.05, 0.1) is 5.69 Å². The molecule has 1 unspecified atom stereocenters. The van der Waals surface area contributed by atoms with Crippen molar-refractivity contribution in [2.45, 2.75) is 26.4 Å². The Labute approximate surface area is 127 Å². The minimum atomic E-state index is -0.821. The predicted octanol–water partition coefficient (Wildman–Crippen LogP) is 4.07. The second-order valence-corrected chi connectivity index (χ2v) is 4.94. The maximum absolute atomic E-state index is 13.6. The van der Waals surface area contributed by atoms with Crippen LogP contribution in [0.3, 0.4) is 0 Å². The van der Waals surface area contributed by atoms with Crippen LogP contribution in [-0.4, -0.2) is 12.0 Å². The van der Waals surface area contributed by atoms with Crippen LogP contribution in [0, 0.1) is 18.6 Å². The molecule has 0 aromatic heterocycles. The molecule has 22 heavy (non-hydrogen) atoms. The SMILES string of the molecule is CCC(Oc1cccc(C)c1)C(=O)Nc1ccc(F)cc1F. The largest absolute Gasteiger partial charge is 0.481 e. The van der Waals surface area contributed by atoms with Crippen LogP contribution in [0.1, 0.15) is 18.9 Å². The molecule has 1 N–H and O–H groups in total. The zero-order valence-corrected chi connectivity index (χ0v) is 12.4. The van der Waals surface area contributed by atoms with Crippen LogP contribution in [0.15, 0.2) is 42.5 Å². The number of ether oxygens (including phenoxy) is 1. The van der Waals surface area contributed by atoms with Gasteiger partial charge in [0, 0.05) is 6.07 Å². The fourth-order valence-corrected chi connectivity index (χ4v) is 1.98. The van der Waals surface area contributed by atoms with Crippen LogP contribution in [0.5, 0.6) is 5.75 Å². The molecule has 0 heterocycles. The van der Waals surface area contributed by atoms with Crippen molar-refractivity contribution in [1.29, 1.82) is 0 Å². The molecule has 2 aromatic carbocycles. The summed E-state index contributed by atoms with van der Waals surface area (Å²) >= 11 is 0. The maximum Gasteiger partial charge on any atom is 0.265 e. The van der Waals surface area contributed by atoms with Crippen LogP contribution in [0.4, 0.5) is 14.5 Å². The molecule has 1 atom stereocenters. The van der Waals surface area contributed by atoms with Crippen molar-refractivity contribution in [1.82, 2.24) is 0 Å². The summed E-state index contributed by atoms with van der Waals surface area (Å²) < 4.78 is 32.1. The average Bonchev–Trinajstić information content (AvgIpc) is 2.47. The summed E-state index contributed by atoms with van der Waals surface area (Å²) in [6.07, 6.45) is -0.339. The first-order valence-corrected chi connectivity index (χ1v) is 6.99. The predicted molar refractivity (Wildman–Crippen MR) is 80.9 cm³/mol. The van der Waals surface area contributed by atoms with E-state index in [0.717, 1.165) is 17.7 Å². The highest BCUT2D eigenvalue weighted by Crippen LogP contribution is 2.18. The lowest BCUT2D eigenvalue weighted by Gasteiger charge is -2.17. The Morgan fingerprint density at radius 1 is 1.23 bits per heavy atom. The van der Waals surface area contributed by atoms with Gasteiger partial charge in [-0.05, 0) is 43.2 Å². The van der Waals surface area contributed by atoms with Crippen LogP contribution >= 0.6 is 0 Å². The molecular weight excluding hydrogens is 288 g/mol. The van der Waals surface area contributed by atoms with Gasteiger partial charge in [-0.25, -0.2) is 8.78 Å². The van der Waals surface area contributed by atoms with E-state index in [-0.39, 0.29) is 5.69 Å². The minimum Gasteiger partial charge on any atom is -0.481 e. The van der Waals surface area contributed by atoms with Gasteiger partial charge in [0.2, 0.25) is 0 Å². The van der Waals surface area contributed by atoms with Crippen molar-refractivity contribution in [2.24, 2.45) is 0 Å². The van der Waals surface area contributed by atoms with E-state index in [9.17, 15) is 13.6 Å². The molecule has 0 radical (unpaired) electrons. The molecule has 116 valence electrons. The van der Waals surface area contributed by atoms with Crippen LogP contribution in [0.25, 0.3) is 0 Å².